The van der Waals surface area contributed by atoms with Crippen LogP contribution in [0.1, 0.15) is 19.7 Å². The zero-order valence-corrected chi connectivity index (χ0v) is 12.5. The molecule has 0 aliphatic heterocycles. The summed E-state index contributed by atoms with van der Waals surface area (Å²) in [6, 6.07) is 5.57. The minimum absolute atomic E-state index is 0.134. The van der Waals surface area contributed by atoms with E-state index in [0.29, 0.717) is 18.9 Å². The zero-order valence-electron chi connectivity index (χ0n) is 12.5. The Bertz CT molecular complexity index is 622. The topological polar surface area (TPSA) is 79.4 Å². The van der Waals surface area contributed by atoms with Gasteiger partial charge in [-0.2, -0.15) is 0 Å². The molecule has 0 saturated carbocycles. The van der Waals surface area contributed by atoms with Crippen LogP contribution in [0.2, 0.25) is 0 Å². The molecule has 0 radical (unpaired) electrons. The van der Waals surface area contributed by atoms with E-state index in [1.165, 1.54) is 0 Å². The molecule has 0 unspecified atom stereocenters. The Kier molecular flexibility index (Phi) is 5.16. The summed E-state index contributed by atoms with van der Waals surface area (Å²) in [5, 5.41) is 0. The van der Waals surface area contributed by atoms with E-state index in [-0.39, 0.29) is 19.1 Å². The molecule has 0 fully saturated rings. The number of carbonyl (C=O) groups excluding carboxylic acids is 1. The molecule has 1 aromatic carbocycles. The molecule has 0 aliphatic rings. The molecule has 0 atom stereocenters. The molecule has 114 valence electrons. The highest BCUT2D eigenvalue weighted by atomic mass is 16.6. The minimum Gasteiger partial charge on any atom is -0.462 e. The van der Waals surface area contributed by atoms with E-state index in [1.54, 1.807) is 6.07 Å². The van der Waals surface area contributed by atoms with E-state index < -0.39 is 0 Å². The molecule has 21 heavy (non-hydrogen) atoms. The Labute approximate surface area is 123 Å². The van der Waals surface area contributed by atoms with Gasteiger partial charge >= 0.3 is 5.97 Å². The molecule has 0 saturated heterocycles. The van der Waals surface area contributed by atoms with Crippen LogP contribution in [0.25, 0.3) is 11.0 Å². The lowest BCUT2D eigenvalue weighted by atomic mass is 10.3. The second-order valence-electron chi connectivity index (χ2n) is 4.60. The Morgan fingerprint density at radius 3 is 2.86 bits per heavy atom. The number of benzene rings is 1. The number of aromatic nitrogens is 2. The Morgan fingerprint density at radius 2 is 2.14 bits per heavy atom. The first-order chi connectivity index (χ1) is 10.2. The van der Waals surface area contributed by atoms with Crippen molar-refractivity contribution in [2.24, 2.45) is 0 Å². The Hall–Kier alpha value is -2.08. The molecule has 6 nitrogen and oxygen atoms in total. The number of fused-ring (bicyclic) bond motifs is 1. The number of esters is 1. The van der Waals surface area contributed by atoms with Gasteiger partial charge in [-0.3, -0.25) is 4.79 Å². The summed E-state index contributed by atoms with van der Waals surface area (Å²) in [6.45, 7) is 5.33. The molecule has 2 N–H and O–H groups in total. The van der Waals surface area contributed by atoms with E-state index >= 15 is 0 Å². The molecule has 0 bridgehead atoms. The monoisotopic (exact) mass is 291 g/mol. The van der Waals surface area contributed by atoms with E-state index in [2.05, 4.69) is 4.98 Å². The van der Waals surface area contributed by atoms with Crippen molar-refractivity contribution < 1.29 is 14.3 Å². The third-order valence-corrected chi connectivity index (χ3v) is 3.19. The van der Waals surface area contributed by atoms with Crippen molar-refractivity contribution >= 4 is 22.7 Å². The van der Waals surface area contributed by atoms with Gasteiger partial charge < -0.3 is 19.8 Å². The number of para-hydroxylation sites is 1. The van der Waals surface area contributed by atoms with Crippen LogP contribution in [0.4, 0.5) is 5.69 Å². The first kappa shape index (κ1) is 15.3. The number of nitrogens with zero attached hydrogens (tertiary/aromatic N) is 2. The van der Waals surface area contributed by atoms with Gasteiger partial charge in [-0.25, -0.2) is 4.98 Å². The highest BCUT2D eigenvalue weighted by Crippen LogP contribution is 2.22. The summed E-state index contributed by atoms with van der Waals surface area (Å²) in [7, 11) is 0. The maximum absolute atomic E-state index is 11.9. The SMILES string of the molecule is CCOCCOC(=O)Cn1c(CC)nc2c(N)cccc21. The van der Waals surface area contributed by atoms with Crippen LogP contribution in [0, 0.1) is 0 Å². The quantitative estimate of drug-likeness (QED) is 0.478. The lowest BCUT2D eigenvalue weighted by Gasteiger charge is -2.08. The number of hydrogen-bond acceptors (Lipinski definition) is 5. The fourth-order valence-electron chi connectivity index (χ4n) is 2.20. The summed E-state index contributed by atoms with van der Waals surface area (Å²) >= 11 is 0. The van der Waals surface area contributed by atoms with Gasteiger partial charge in [-0.1, -0.05) is 13.0 Å². The second kappa shape index (κ2) is 7.08. The molecule has 1 aromatic heterocycles. The molecule has 0 spiro atoms. The first-order valence-corrected chi connectivity index (χ1v) is 7.14. The van der Waals surface area contributed by atoms with Crippen LogP contribution in [0.15, 0.2) is 18.2 Å². The van der Waals surface area contributed by atoms with Crippen molar-refractivity contribution in [1.82, 2.24) is 9.55 Å². The number of nitrogens with two attached hydrogens (primary N) is 1. The number of imidazole rings is 1. The fraction of sp³-hybridized carbons (Fsp3) is 0.467. The highest BCUT2D eigenvalue weighted by Gasteiger charge is 2.14. The summed E-state index contributed by atoms with van der Waals surface area (Å²) in [5.41, 5.74) is 8.13. The normalized spacial score (nSPS) is 11.0. The van der Waals surface area contributed by atoms with Crippen molar-refractivity contribution in [2.45, 2.75) is 26.8 Å². The molecule has 2 aromatic rings. The van der Waals surface area contributed by atoms with Gasteiger partial charge in [-0.05, 0) is 19.1 Å². The highest BCUT2D eigenvalue weighted by molar-refractivity contribution is 5.88. The number of nitrogen functional groups attached to an aromatic ring is 1. The molecular weight excluding hydrogens is 270 g/mol. The average molecular weight is 291 g/mol. The van der Waals surface area contributed by atoms with Crippen LogP contribution in [-0.2, 0) is 27.2 Å². The van der Waals surface area contributed by atoms with Crippen molar-refractivity contribution in [3.63, 3.8) is 0 Å². The molecule has 0 amide bonds. The minimum atomic E-state index is -0.300. The number of anilines is 1. The Balaban J connectivity index is 2.13. The van der Waals surface area contributed by atoms with Gasteiger partial charge in [0.05, 0.1) is 17.8 Å². The van der Waals surface area contributed by atoms with Gasteiger partial charge in [0, 0.05) is 13.0 Å². The van der Waals surface area contributed by atoms with E-state index in [0.717, 1.165) is 23.3 Å². The molecule has 1 heterocycles. The van der Waals surface area contributed by atoms with E-state index in [1.807, 2.05) is 30.5 Å². The lowest BCUT2D eigenvalue weighted by molar-refractivity contribution is -0.145. The first-order valence-electron chi connectivity index (χ1n) is 7.14. The lowest BCUT2D eigenvalue weighted by Crippen LogP contribution is -2.17. The number of rotatable bonds is 7. The standard InChI is InChI=1S/C15H21N3O3/c1-3-13-17-15-11(16)6-5-7-12(15)18(13)10-14(19)21-9-8-20-4-2/h5-7H,3-4,8-10,16H2,1-2H3. The number of ether oxygens (including phenoxy) is 2. The van der Waals surface area contributed by atoms with Gasteiger partial charge in [-0.15, -0.1) is 0 Å². The van der Waals surface area contributed by atoms with Crippen molar-refractivity contribution in [3.8, 4) is 0 Å². The van der Waals surface area contributed by atoms with Crippen LogP contribution in [0.3, 0.4) is 0 Å². The van der Waals surface area contributed by atoms with E-state index in [4.69, 9.17) is 15.2 Å². The second-order valence-corrected chi connectivity index (χ2v) is 4.60. The van der Waals surface area contributed by atoms with Crippen LogP contribution in [0.5, 0.6) is 0 Å². The summed E-state index contributed by atoms with van der Waals surface area (Å²) in [4.78, 5) is 16.4. The number of hydrogen-bond donors (Lipinski definition) is 1. The predicted molar refractivity (Wildman–Crippen MR) is 81.0 cm³/mol. The van der Waals surface area contributed by atoms with Crippen molar-refractivity contribution in [2.75, 3.05) is 25.6 Å². The van der Waals surface area contributed by atoms with Gasteiger partial charge in [0.15, 0.2) is 0 Å². The van der Waals surface area contributed by atoms with Crippen molar-refractivity contribution in [1.29, 1.82) is 0 Å². The summed E-state index contributed by atoms with van der Waals surface area (Å²) < 4.78 is 12.1. The smallest absolute Gasteiger partial charge is 0.326 e. The average Bonchev–Trinajstić information content (AvgIpc) is 2.83. The number of aryl methyl sites for hydroxylation is 1. The third-order valence-electron chi connectivity index (χ3n) is 3.19. The maximum atomic E-state index is 11.9. The summed E-state index contributed by atoms with van der Waals surface area (Å²) in [5.74, 6) is 0.524. The van der Waals surface area contributed by atoms with Crippen LogP contribution in [-0.4, -0.2) is 35.3 Å². The third kappa shape index (κ3) is 3.52. The van der Waals surface area contributed by atoms with Crippen LogP contribution >= 0.6 is 0 Å². The number of carbonyl (C=O) groups is 1. The van der Waals surface area contributed by atoms with E-state index in [9.17, 15) is 4.79 Å². The summed E-state index contributed by atoms with van der Waals surface area (Å²) in [6.07, 6.45) is 0.723. The maximum Gasteiger partial charge on any atom is 0.326 e. The molecule has 6 heteroatoms. The molecule has 0 aliphatic carbocycles. The predicted octanol–water partition coefficient (Wildman–Crippen LogP) is 1.76. The fourth-order valence-corrected chi connectivity index (χ4v) is 2.20. The van der Waals surface area contributed by atoms with Gasteiger partial charge in [0.1, 0.15) is 24.5 Å². The molecular formula is C15H21N3O3. The molecule has 2 rings (SSSR count). The van der Waals surface area contributed by atoms with Gasteiger partial charge in [0.25, 0.3) is 0 Å². The zero-order chi connectivity index (χ0) is 15.2. The van der Waals surface area contributed by atoms with Gasteiger partial charge in [0.2, 0.25) is 0 Å². The van der Waals surface area contributed by atoms with Crippen LogP contribution < -0.4 is 5.73 Å². The van der Waals surface area contributed by atoms with Crippen molar-refractivity contribution in [3.05, 3.63) is 24.0 Å². The largest absolute Gasteiger partial charge is 0.462 e. The Morgan fingerprint density at radius 1 is 1.33 bits per heavy atom.